The van der Waals surface area contributed by atoms with E-state index in [0.29, 0.717) is 24.5 Å². The molecule has 0 spiro atoms. The van der Waals surface area contributed by atoms with Gasteiger partial charge in [-0.2, -0.15) is 4.31 Å². The van der Waals surface area contributed by atoms with Crippen LogP contribution in [0.2, 0.25) is 0 Å². The molecule has 2 N–H and O–H groups in total. The standard InChI is InChI=1S/C19H23N3O6S/c1-13-5-6-15(12-17(13)29(25,26)22-8-10-27-11-9-22)21-18(23)14(2)28-19(24)16-4-3-7-20-16/h3-7,12,14,20H,8-11H2,1-2H3,(H,21,23)/t14-/m1/s1. The molecule has 0 radical (unpaired) electrons. The smallest absolute Gasteiger partial charge is 0.355 e. The van der Waals surface area contributed by atoms with E-state index in [1.807, 2.05) is 0 Å². The topological polar surface area (TPSA) is 118 Å². The molecule has 1 aliphatic heterocycles. The second-order valence-corrected chi connectivity index (χ2v) is 8.52. The van der Waals surface area contributed by atoms with Gasteiger partial charge in [0.25, 0.3) is 5.91 Å². The molecular formula is C19H23N3O6S. The number of rotatable bonds is 6. The molecule has 1 aliphatic rings. The lowest BCUT2D eigenvalue weighted by molar-refractivity contribution is -0.123. The second-order valence-electron chi connectivity index (χ2n) is 6.62. The molecule has 29 heavy (non-hydrogen) atoms. The molecule has 1 saturated heterocycles. The van der Waals surface area contributed by atoms with Crippen molar-refractivity contribution in [3.8, 4) is 0 Å². The Morgan fingerprint density at radius 1 is 1.24 bits per heavy atom. The third kappa shape index (κ3) is 4.84. The average Bonchev–Trinajstić information content (AvgIpc) is 3.25. The summed E-state index contributed by atoms with van der Waals surface area (Å²) in [6, 6.07) is 7.82. The normalized spacial score (nSPS) is 16.2. The van der Waals surface area contributed by atoms with Crippen molar-refractivity contribution in [3.63, 3.8) is 0 Å². The number of morpholine rings is 1. The van der Waals surface area contributed by atoms with Crippen LogP contribution in [0.3, 0.4) is 0 Å². The minimum Gasteiger partial charge on any atom is -0.448 e. The number of nitrogens with one attached hydrogen (secondary N) is 2. The van der Waals surface area contributed by atoms with Crippen LogP contribution in [0.15, 0.2) is 41.4 Å². The first-order valence-electron chi connectivity index (χ1n) is 9.13. The Hall–Kier alpha value is -2.69. The third-order valence-corrected chi connectivity index (χ3v) is 6.56. The molecule has 0 bridgehead atoms. The van der Waals surface area contributed by atoms with Crippen LogP contribution in [0.1, 0.15) is 23.0 Å². The minimum atomic E-state index is -3.71. The monoisotopic (exact) mass is 421 g/mol. The number of nitrogens with zero attached hydrogens (tertiary/aromatic N) is 1. The Balaban J connectivity index is 1.72. The summed E-state index contributed by atoms with van der Waals surface area (Å²) in [5, 5.41) is 2.60. The molecule has 1 atom stereocenters. The van der Waals surface area contributed by atoms with Crippen molar-refractivity contribution in [3.05, 3.63) is 47.8 Å². The SMILES string of the molecule is Cc1ccc(NC(=O)[C@@H](C)OC(=O)c2ccc[nH]2)cc1S(=O)(=O)N1CCOCC1. The van der Waals surface area contributed by atoms with E-state index in [9.17, 15) is 18.0 Å². The van der Waals surface area contributed by atoms with Gasteiger partial charge in [-0.3, -0.25) is 4.79 Å². The molecule has 10 heteroatoms. The fraction of sp³-hybridized carbons (Fsp3) is 0.368. The van der Waals surface area contributed by atoms with Crippen molar-refractivity contribution in [1.82, 2.24) is 9.29 Å². The van der Waals surface area contributed by atoms with E-state index in [2.05, 4.69) is 10.3 Å². The van der Waals surface area contributed by atoms with Crippen LogP contribution in [0, 0.1) is 6.92 Å². The van der Waals surface area contributed by atoms with Gasteiger partial charge in [-0.1, -0.05) is 6.07 Å². The van der Waals surface area contributed by atoms with Crippen LogP contribution in [-0.2, 0) is 24.3 Å². The maximum Gasteiger partial charge on any atom is 0.355 e. The zero-order valence-electron chi connectivity index (χ0n) is 16.2. The summed E-state index contributed by atoms with van der Waals surface area (Å²) in [4.78, 5) is 27.2. The van der Waals surface area contributed by atoms with Gasteiger partial charge < -0.3 is 19.8 Å². The summed E-state index contributed by atoms with van der Waals surface area (Å²) in [6.07, 6.45) is 0.510. The van der Waals surface area contributed by atoms with Crippen LogP contribution in [0.25, 0.3) is 0 Å². The predicted octanol–water partition coefficient (Wildman–Crippen LogP) is 1.53. The summed E-state index contributed by atoms with van der Waals surface area (Å²) in [6.45, 7) is 4.39. The molecule has 1 fully saturated rings. The Labute approximate surface area is 169 Å². The molecule has 3 rings (SSSR count). The largest absolute Gasteiger partial charge is 0.448 e. The van der Waals surface area contributed by atoms with E-state index in [1.165, 1.54) is 23.4 Å². The quantitative estimate of drug-likeness (QED) is 0.683. The summed E-state index contributed by atoms with van der Waals surface area (Å²) in [7, 11) is -3.71. The van der Waals surface area contributed by atoms with Gasteiger partial charge in [0.05, 0.1) is 18.1 Å². The minimum absolute atomic E-state index is 0.119. The van der Waals surface area contributed by atoms with E-state index in [0.717, 1.165) is 0 Å². The van der Waals surface area contributed by atoms with Crippen molar-refractivity contribution >= 4 is 27.6 Å². The van der Waals surface area contributed by atoms with Gasteiger partial charge in [-0.15, -0.1) is 0 Å². The highest BCUT2D eigenvalue weighted by Gasteiger charge is 2.28. The number of carbonyl (C=O) groups excluding carboxylic acids is 2. The third-order valence-electron chi connectivity index (χ3n) is 4.51. The molecule has 2 aromatic rings. The molecular weight excluding hydrogens is 398 g/mol. The number of carbonyl (C=O) groups is 2. The van der Waals surface area contributed by atoms with Crippen molar-refractivity contribution in [2.24, 2.45) is 0 Å². The van der Waals surface area contributed by atoms with Gasteiger partial charge in [0, 0.05) is 25.0 Å². The maximum absolute atomic E-state index is 12.9. The first-order valence-corrected chi connectivity index (χ1v) is 10.6. The van der Waals surface area contributed by atoms with E-state index in [-0.39, 0.29) is 23.7 Å². The lowest BCUT2D eigenvalue weighted by atomic mass is 10.2. The summed E-state index contributed by atoms with van der Waals surface area (Å²) < 4.78 is 37.6. The van der Waals surface area contributed by atoms with Crippen LogP contribution in [0.5, 0.6) is 0 Å². The van der Waals surface area contributed by atoms with Gasteiger partial charge in [-0.25, -0.2) is 13.2 Å². The fourth-order valence-electron chi connectivity index (χ4n) is 2.86. The Bertz CT molecular complexity index is 981. The molecule has 0 unspecified atom stereocenters. The molecule has 1 amide bonds. The predicted molar refractivity (Wildman–Crippen MR) is 105 cm³/mol. The lowest BCUT2D eigenvalue weighted by Gasteiger charge is -2.27. The van der Waals surface area contributed by atoms with E-state index in [1.54, 1.807) is 31.3 Å². The number of aromatic amines is 1. The average molecular weight is 421 g/mol. The lowest BCUT2D eigenvalue weighted by Crippen LogP contribution is -2.40. The number of benzene rings is 1. The highest BCUT2D eigenvalue weighted by Crippen LogP contribution is 2.24. The molecule has 0 aliphatic carbocycles. The van der Waals surface area contributed by atoms with Crippen molar-refractivity contribution in [1.29, 1.82) is 0 Å². The van der Waals surface area contributed by atoms with Gasteiger partial charge in [-0.05, 0) is 43.7 Å². The number of aryl methyl sites for hydroxylation is 1. The number of esters is 1. The Morgan fingerprint density at radius 2 is 1.97 bits per heavy atom. The zero-order valence-corrected chi connectivity index (χ0v) is 17.0. The number of anilines is 1. The van der Waals surface area contributed by atoms with E-state index < -0.39 is 28.0 Å². The van der Waals surface area contributed by atoms with E-state index in [4.69, 9.17) is 9.47 Å². The maximum atomic E-state index is 12.9. The highest BCUT2D eigenvalue weighted by molar-refractivity contribution is 7.89. The van der Waals surface area contributed by atoms with Gasteiger partial charge in [0.1, 0.15) is 5.69 Å². The number of H-pyrrole nitrogens is 1. The highest BCUT2D eigenvalue weighted by atomic mass is 32.2. The van der Waals surface area contributed by atoms with Crippen LogP contribution in [0.4, 0.5) is 5.69 Å². The van der Waals surface area contributed by atoms with Crippen LogP contribution < -0.4 is 5.32 Å². The molecule has 9 nitrogen and oxygen atoms in total. The van der Waals surface area contributed by atoms with Crippen molar-refractivity contribution in [2.45, 2.75) is 24.8 Å². The number of hydrogen-bond acceptors (Lipinski definition) is 6. The van der Waals surface area contributed by atoms with Crippen LogP contribution in [-0.4, -0.2) is 62.0 Å². The summed E-state index contributed by atoms with van der Waals surface area (Å²) in [5.74, 6) is -1.22. The zero-order chi connectivity index (χ0) is 21.0. The molecule has 1 aromatic carbocycles. The molecule has 1 aromatic heterocycles. The number of ether oxygens (including phenoxy) is 2. The van der Waals surface area contributed by atoms with E-state index >= 15 is 0 Å². The summed E-state index contributed by atoms with van der Waals surface area (Å²) >= 11 is 0. The summed E-state index contributed by atoms with van der Waals surface area (Å²) in [5.41, 5.74) is 1.11. The molecule has 2 heterocycles. The van der Waals surface area contributed by atoms with Gasteiger partial charge >= 0.3 is 5.97 Å². The number of aromatic nitrogens is 1. The number of sulfonamides is 1. The van der Waals surface area contributed by atoms with Gasteiger partial charge in [0.15, 0.2) is 6.10 Å². The number of amides is 1. The molecule has 0 saturated carbocycles. The Kier molecular flexibility index (Phi) is 6.36. The number of hydrogen-bond donors (Lipinski definition) is 2. The van der Waals surface area contributed by atoms with Crippen molar-refractivity contribution < 1.29 is 27.5 Å². The molecule has 156 valence electrons. The fourth-order valence-corrected chi connectivity index (χ4v) is 4.52. The Morgan fingerprint density at radius 3 is 2.62 bits per heavy atom. The second kappa shape index (κ2) is 8.76. The first-order chi connectivity index (χ1) is 13.8. The van der Waals surface area contributed by atoms with Crippen LogP contribution >= 0.6 is 0 Å². The van der Waals surface area contributed by atoms with Crippen molar-refractivity contribution in [2.75, 3.05) is 31.6 Å². The van der Waals surface area contributed by atoms with Gasteiger partial charge in [0.2, 0.25) is 10.0 Å². The first kappa shape index (κ1) is 21.0.